The van der Waals surface area contributed by atoms with E-state index in [1.54, 1.807) is 12.1 Å². The summed E-state index contributed by atoms with van der Waals surface area (Å²) < 4.78 is 11.8. The molecule has 0 atom stereocenters. The van der Waals surface area contributed by atoms with Crippen LogP contribution in [0.25, 0.3) is 0 Å². The van der Waals surface area contributed by atoms with Crippen molar-refractivity contribution in [2.75, 3.05) is 7.05 Å². The lowest BCUT2D eigenvalue weighted by Crippen LogP contribution is -2.41. The number of hydrogen-bond acceptors (Lipinski definition) is 4. The number of carbonyl (C=O) groups is 1. The van der Waals surface area contributed by atoms with Gasteiger partial charge in [0.2, 0.25) is 0 Å². The first kappa shape index (κ1) is 14.9. The van der Waals surface area contributed by atoms with Gasteiger partial charge in [0.25, 0.3) is 5.91 Å². The maximum atomic E-state index is 11.5. The highest BCUT2D eigenvalue weighted by Gasteiger charge is 2.51. The second kappa shape index (κ2) is 4.79. The summed E-state index contributed by atoms with van der Waals surface area (Å²) in [5.41, 5.74) is 0.0426. The van der Waals surface area contributed by atoms with Gasteiger partial charge >= 0.3 is 7.12 Å². The Labute approximate surface area is 119 Å². The van der Waals surface area contributed by atoms with Crippen LogP contribution in [0.3, 0.4) is 0 Å². The molecular formula is C14H20BNO4. The Morgan fingerprint density at radius 2 is 1.75 bits per heavy atom. The van der Waals surface area contributed by atoms with Crippen LogP contribution in [0.4, 0.5) is 0 Å². The molecule has 1 aromatic rings. The summed E-state index contributed by atoms with van der Waals surface area (Å²) in [5, 5.41) is 12.4. The minimum atomic E-state index is -0.551. The van der Waals surface area contributed by atoms with Crippen LogP contribution in [0.5, 0.6) is 5.75 Å². The molecule has 0 spiro atoms. The van der Waals surface area contributed by atoms with E-state index in [-0.39, 0.29) is 17.2 Å². The van der Waals surface area contributed by atoms with Crippen molar-refractivity contribution in [2.45, 2.75) is 38.9 Å². The molecule has 0 saturated carbocycles. The molecule has 1 aliphatic heterocycles. The van der Waals surface area contributed by atoms with E-state index >= 15 is 0 Å². The van der Waals surface area contributed by atoms with Gasteiger partial charge in [-0.1, -0.05) is 6.07 Å². The van der Waals surface area contributed by atoms with Crippen LogP contribution in [0.1, 0.15) is 38.1 Å². The largest absolute Gasteiger partial charge is 0.507 e. The summed E-state index contributed by atoms with van der Waals surface area (Å²) in [6.45, 7) is 7.86. The fraction of sp³-hybridized carbons (Fsp3) is 0.500. The van der Waals surface area contributed by atoms with Gasteiger partial charge in [0.05, 0.1) is 16.8 Å². The Bertz CT molecular complexity index is 526. The van der Waals surface area contributed by atoms with Gasteiger partial charge in [-0.2, -0.15) is 0 Å². The van der Waals surface area contributed by atoms with Gasteiger partial charge in [-0.05, 0) is 45.3 Å². The molecule has 108 valence electrons. The van der Waals surface area contributed by atoms with Crippen LogP contribution in [0, 0.1) is 0 Å². The Morgan fingerprint density at radius 1 is 1.20 bits per heavy atom. The molecule has 20 heavy (non-hydrogen) atoms. The summed E-state index contributed by atoms with van der Waals surface area (Å²) in [7, 11) is 0.967. The molecule has 0 unspecified atom stereocenters. The smallest absolute Gasteiger partial charge is 0.494 e. The maximum Gasteiger partial charge on any atom is 0.494 e. The van der Waals surface area contributed by atoms with Crippen molar-refractivity contribution in [3.05, 3.63) is 23.8 Å². The van der Waals surface area contributed by atoms with Crippen molar-refractivity contribution in [1.29, 1.82) is 0 Å². The number of aromatic hydroxyl groups is 1. The van der Waals surface area contributed by atoms with E-state index in [1.807, 2.05) is 27.7 Å². The number of nitrogens with one attached hydrogen (secondary N) is 1. The van der Waals surface area contributed by atoms with Crippen LogP contribution in [0.15, 0.2) is 18.2 Å². The van der Waals surface area contributed by atoms with Gasteiger partial charge in [0, 0.05) is 7.05 Å². The van der Waals surface area contributed by atoms with Crippen LogP contribution < -0.4 is 10.8 Å². The highest BCUT2D eigenvalue weighted by molar-refractivity contribution is 6.62. The Kier molecular flexibility index (Phi) is 3.56. The summed E-state index contributed by atoms with van der Waals surface area (Å²) >= 11 is 0. The standard InChI is InChI=1S/C14H20BNO4/c1-13(2)14(3,4)20-15(19-13)9-6-7-10(11(17)8-9)12(18)16-5/h6-8,17H,1-5H3,(H,16,18). The molecular weight excluding hydrogens is 257 g/mol. The minimum Gasteiger partial charge on any atom is -0.507 e. The Hall–Kier alpha value is -1.53. The van der Waals surface area contributed by atoms with Gasteiger partial charge in [0.15, 0.2) is 0 Å². The molecule has 0 aliphatic carbocycles. The van der Waals surface area contributed by atoms with E-state index in [2.05, 4.69) is 5.32 Å². The molecule has 6 heteroatoms. The summed E-state index contributed by atoms with van der Waals surface area (Å²) in [6.07, 6.45) is 0. The molecule has 1 aromatic carbocycles. The van der Waals surface area contributed by atoms with Crippen molar-refractivity contribution in [3.8, 4) is 5.75 Å². The quantitative estimate of drug-likeness (QED) is 0.793. The first-order chi connectivity index (χ1) is 9.18. The number of rotatable bonds is 2. The van der Waals surface area contributed by atoms with Gasteiger partial charge in [-0.15, -0.1) is 0 Å². The average Bonchev–Trinajstić information content (AvgIpc) is 2.57. The molecule has 0 aromatic heterocycles. The number of carbonyl (C=O) groups excluding carboxylic acids is 1. The second-order valence-corrected chi connectivity index (χ2v) is 5.94. The molecule has 0 radical (unpaired) electrons. The predicted molar refractivity (Wildman–Crippen MR) is 77.2 cm³/mol. The molecule has 1 saturated heterocycles. The molecule has 1 aliphatic rings. The van der Waals surface area contributed by atoms with E-state index in [1.165, 1.54) is 13.1 Å². The first-order valence-corrected chi connectivity index (χ1v) is 6.58. The lowest BCUT2D eigenvalue weighted by Gasteiger charge is -2.32. The zero-order valence-corrected chi connectivity index (χ0v) is 12.5. The van der Waals surface area contributed by atoms with E-state index in [0.717, 1.165) is 0 Å². The number of phenols is 1. The topological polar surface area (TPSA) is 67.8 Å². The van der Waals surface area contributed by atoms with Crippen LogP contribution in [0.2, 0.25) is 0 Å². The molecule has 1 fully saturated rings. The number of hydrogen-bond donors (Lipinski definition) is 2. The SMILES string of the molecule is CNC(=O)c1ccc(B2OC(C)(C)C(C)(C)O2)cc1O. The van der Waals surface area contributed by atoms with Crippen LogP contribution in [-0.4, -0.2) is 36.4 Å². The van der Waals surface area contributed by atoms with Crippen molar-refractivity contribution in [2.24, 2.45) is 0 Å². The second-order valence-electron chi connectivity index (χ2n) is 5.94. The fourth-order valence-electron chi connectivity index (χ4n) is 2.00. The van der Waals surface area contributed by atoms with E-state index < -0.39 is 18.3 Å². The molecule has 5 nitrogen and oxygen atoms in total. The van der Waals surface area contributed by atoms with E-state index in [4.69, 9.17) is 9.31 Å². The van der Waals surface area contributed by atoms with Crippen molar-refractivity contribution < 1.29 is 19.2 Å². The number of phenolic OH excluding ortho intramolecular Hbond substituents is 1. The summed E-state index contributed by atoms with van der Waals surface area (Å²) in [5.74, 6) is -0.417. The zero-order chi connectivity index (χ0) is 15.1. The monoisotopic (exact) mass is 277 g/mol. The lowest BCUT2D eigenvalue weighted by molar-refractivity contribution is 0.00578. The Balaban J connectivity index is 2.28. The van der Waals surface area contributed by atoms with Crippen molar-refractivity contribution >= 4 is 18.5 Å². The maximum absolute atomic E-state index is 11.5. The van der Waals surface area contributed by atoms with E-state index in [0.29, 0.717) is 5.46 Å². The fourth-order valence-corrected chi connectivity index (χ4v) is 2.00. The zero-order valence-electron chi connectivity index (χ0n) is 12.5. The predicted octanol–water partition coefficient (Wildman–Crippen LogP) is 1.05. The third kappa shape index (κ3) is 2.41. The number of benzene rings is 1. The lowest BCUT2D eigenvalue weighted by atomic mass is 9.78. The third-order valence-corrected chi connectivity index (χ3v) is 4.02. The third-order valence-electron chi connectivity index (χ3n) is 4.02. The normalized spacial score (nSPS) is 19.9. The van der Waals surface area contributed by atoms with E-state index in [9.17, 15) is 9.90 Å². The van der Waals surface area contributed by atoms with Gasteiger partial charge in [0.1, 0.15) is 5.75 Å². The Morgan fingerprint density at radius 3 is 2.20 bits per heavy atom. The van der Waals surface area contributed by atoms with Crippen molar-refractivity contribution in [3.63, 3.8) is 0 Å². The molecule has 2 N–H and O–H groups in total. The van der Waals surface area contributed by atoms with Gasteiger partial charge in [-0.3, -0.25) is 4.79 Å². The van der Waals surface area contributed by atoms with Crippen LogP contribution in [-0.2, 0) is 9.31 Å². The molecule has 1 amide bonds. The van der Waals surface area contributed by atoms with Gasteiger partial charge in [-0.25, -0.2) is 0 Å². The van der Waals surface area contributed by atoms with Crippen molar-refractivity contribution in [1.82, 2.24) is 5.32 Å². The first-order valence-electron chi connectivity index (χ1n) is 6.58. The van der Waals surface area contributed by atoms with Crippen LogP contribution >= 0.6 is 0 Å². The molecule has 0 bridgehead atoms. The summed E-state index contributed by atoms with van der Waals surface area (Å²) in [6, 6.07) is 4.80. The molecule has 2 rings (SSSR count). The van der Waals surface area contributed by atoms with Gasteiger partial charge < -0.3 is 19.7 Å². The highest BCUT2D eigenvalue weighted by Crippen LogP contribution is 2.36. The summed E-state index contributed by atoms with van der Waals surface area (Å²) in [4.78, 5) is 11.5. The highest BCUT2D eigenvalue weighted by atomic mass is 16.7. The minimum absolute atomic E-state index is 0.0865. The average molecular weight is 277 g/mol. The molecule has 1 heterocycles. The number of amides is 1.